The van der Waals surface area contributed by atoms with Crippen molar-refractivity contribution in [2.24, 2.45) is 5.10 Å². The van der Waals surface area contributed by atoms with Crippen LogP contribution in [0.15, 0.2) is 29.4 Å². The quantitative estimate of drug-likeness (QED) is 0.390. The number of nitrogens with one attached hydrogen (secondary N) is 2. The Bertz CT molecular complexity index is 443. The average molecular weight is 235 g/mol. The molecule has 90 valence electrons. The largest absolute Gasteiger partial charge is 0.507 e. The molecule has 0 aliphatic carbocycles. The summed E-state index contributed by atoms with van der Waals surface area (Å²) >= 11 is 0. The lowest BCUT2D eigenvalue weighted by Gasteiger charge is -2.00. The van der Waals surface area contributed by atoms with E-state index in [9.17, 15) is 14.7 Å². The molecule has 0 aromatic heterocycles. The molecule has 0 aliphatic rings. The number of hydrogen-bond donors (Lipinski definition) is 3. The summed E-state index contributed by atoms with van der Waals surface area (Å²) in [5, 5.41) is 15.3. The fourth-order valence-electron chi connectivity index (χ4n) is 1.05. The van der Waals surface area contributed by atoms with Crippen LogP contribution in [0.2, 0.25) is 0 Å². The fraction of sp³-hybridized carbons (Fsp3) is 0.182. The molecule has 0 spiro atoms. The number of amides is 2. The van der Waals surface area contributed by atoms with Gasteiger partial charge in [-0.25, -0.2) is 5.43 Å². The number of phenolic OH excluding ortho intramolecular Hbond substituents is 1. The van der Waals surface area contributed by atoms with Crippen molar-refractivity contribution < 1.29 is 14.7 Å². The van der Waals surface area contributed by atoms with Crippen molar-refractivity contribution in [1.82, 2.24) is 10.7 Å². The number of carbonyl (C=O) groups excluding carboxylic acids is 2. The van der Waals surface area contributed by atoms with E-state index in [0.29, 0.717) is 12.1 Å². The Morgan fingerprint density at radius 1 is 1.35 bits per heavy atom. The summed E-state index contributed by atoms with van der Waals surface area (Å²) in [6, 6.07) is 6.50. The topological polar surface area (TPSA) is 90.8 Å². The van der Waals surface area contributed by atoms with Crippen molar-refractivity contribution >= 4 is 18.0 Å². The van der Waals surface area contributed by atoms with Gasteiger partial charge in [-0.3, -0.25) is 9.59 Å². The van der Waals surface area contributed by atoms with Crippen molar-refractivity contribution in [2.75, 3.05) is 6.54 Å². The van der Waals surface area contributed by atoms with E-state index < -0.39 is 11.8 Å². The number of rotatable bonds is 3. The minimum atomic E-state index is -0.849. The van der Waals surface area contributed by atoms with Crippen LogP contribution in [0.1, 0.15) is 12.5 Å². The highest BCUT2D eigenvalue weighted by atomic mass is 16.3. The molecule has 1 aromatic rings. The third-order valence-electron chi connectivity index (χ3n) is 1.85. The highest BCUT2D eigenvalue weighted by molar-refractivity contribution is 6.35. The summed E-state index contributed by atoms with van der Waals surface area (Å²) in [6.07, 6.45) is 1.26. The smallest absolute Gasteiger partial charge is 0.329 e. The molecular weight excluding hydrogens is 222 g/mol. The summed E-state index contributed by atoms with van der Waals surface area (Å²) in [5.41, 5.74) is 2.50. The van der Waals surface area contributed by atoms with Gasteiger partial charge in [-0.15, -0.1) is 0 Å². The van der Waals surface area contributed by atoms with Crippen LogP contribution in [0, 0.1) is 0 Å². The lowest BCUT2D eigenvalue weighted by atomic mass is 10.2. The number of benzene rings is 1. The third kappa shape index (κ3) is 3.94. The van der Waals surface area contributed by atoms with Crippen LogP contribution < -0.4 is 10.7 Å². The van der Waals surface area contributed by atoms with Crippen LogP contribution in [0.3, 0.4) is 0 Å². The number of carbonyl (C=O) groups is 2. The van der Waals surface area contributed by atoms with Gasteiger partial charge in [-0.2, -0.15) is 5.10 Å². The molecular formula is C11H13N3O3. The maximum Gasteiger partial charge on any atom is 0.329 e. The molecule has 1 rings (SSSR count). The second kappa shape index (κ2) is 6.26. The highest BCUT2D eigenvalue weighted by Gasteiger charge is 2.10. The van der Waals surface area contributed by atoms with Crippen molar-refractivity contribution in [3.05, 3.63) is 29.8 Å². The summed E-state index contributed by atoms with van der Waals surface area (Å²) in [4.78, 5) is 22.1. The molecule has 0 atom stereocenters. The summed E-state index contributed by atoms with van der Waals surface area (Å²) < 4.78 is 0. The van der Waals surface area contributed by atoms with Gasteiger partial charge in [0, 0.05) is 12.1 Å². The van der Waals surface area contributed by atoms with Crippen LogP contribution in [-0.4, -0.2) is 29.7 Å². The zero-order chi connectivity index (χ0) is 12.7. The minimum absolute atomic E-state index is 0.0449. The second-order valence-electron chi connectivity index (χ2n) is 3.12. The molecule has 3 N–H and O–H groups in total. The first-order chi connectivity index (χ1) is 8.15. The summed E-state index contributed by atoms with van der Waals surface area (Å²) in [7, 11) is 0. The van der Waals surface area contributed by atoms with Crippen LogP contribution in [-0.2, 0) is 9.59 Å². The van der Waals surface area contributed by atoms with Gasteiger partial charge in [0.25, 0.3) is 0 Å². The molecule has 0 radical (unpaired) electrons. The molecule has 0 bridgehead atoms. The number of aromatic hydroxyl groups is 1. The van der Waals surface area contributed by atoms with Gasteiger partial charge in [0.2, 0.25) is 0 Å². The SMILES string of the molecule is CCNC(=O)C(=O)N/N=C\c1ccccc1O. The van der Waals surface area contributed by atoms with E-state index in [4.69, 9.17) is 0 Å². The Labute approximate surface area is 98.3 Å². The zero-order valence-corrected chi connectivity index (χ0v) is 9.30. The van der Waals surface area contributed by atoms with E-state index in [1.54, 1.807) is 25.1 Å². The summed E-state index contributed by atoms with van der Waals surface area (Å²) in [5.74, 6) is -1.55. The Morgan fingerprint density at radius 3 is 2.71 bits per heavy atom. The monoisotopic (exact) mass is 235 g/mol. The van der Waals surface area contributed by atoms with E-state index in [0.717, 1.165) is 0 Å². The highest BCUT2D eigenvalue weighted by Crippen LogP contribution is 2.12. The van der Waals surface area contributed by atoms with Gasteiger partial charge in [-0.05, 0) is 19.1 Å². The molecule has 6 nitrogen and oxygen atoms in total. The first-order valence-corrected chi connectivity index (χ1v) is 5.04. The van der Waals surface area contributed by atoms with Crippen LogP contribution in [0.4, 0.5) is 0 Å². The zero-order valence-electron chi connectivity index (χ0n) is 9.30. The van der Waals surface area contributed by atoms with Crippen LogP contribution in [0.25, 0.3) is 0 Å². The number of hydrazone groups is 1. The minimum Gasteiger partial charge on any atom is -0.507 e. The van der Waals surface area contributed by atoms with E-state index in [1.807, 2.05) is 0 Å². The van der Waals surface area contributed by atoms with Crippen molar-refractivity contribution in [3.8, 4) is 5.75 Å². The van der Waals surface area contributed by atoms with Crippen molar-refractivity contribution in [1.29, 1.82) is 0 Å². The Kier molecular flexibility index (Phi) is 4.68. The van der Waals surface area contributed by atoms with Gasteiger partial charge in [0.1, 0.15) is 5.75 Å². The molecule has 0 saturated heterocycles. The number of para-hydroxylation sites is 1. The molecule has 0 saturated carbocycles. The molecule has 2 amide bonds. The average Bonchev–Trinajstić information content (AvgIpc) is 2.31. The van der Waals surface area contributed by atoms with Gasteiger partial charge < -0.3 is 10.4 Å². The van der Waals surface area contributed by atoms with Crippen molar-refractivity contribution in [2.45, 2.75) is 6.92 Å². The van der Waals surface area contributed by atoms with E-state index in [1.165, 1.54) is 12.3 Å². The molecule has 0 heterocycles. The molecule has 0 fully saturated rings. The predicted octanol–water partition coefficient (Wildman–Crippen LogP) is -0.0216. The normalized spacial score (nSPS) is 10.2. The van der Waals surface area contributed by atoms with E-state index >= 15 is 0 Å². The molecule has 17 heavy (non-hydrogen) atoms. The van der Waals surface area contributed by atoms with Crippen LogP contribution in [0.5, 0.6) is 5.75 Å². The molecule has 6 heteroatoms. The third-order valence-corrected chi connectivity index (χ3v) is 1.85. The first-order valence-electron chi connectivity index (χ1n) is 5.04. The predicted molar refractivity (Wildman–Crippen MR) is 62.5 cm³/mol. The lowest BCUT2D eigenvalue weighted by molar-refractivity contribution is -0.139. The molecule has 0 aliphatic heterocycles. The van der Waals surface area contributed by atoms with Gasteiger partial charge in [0.05, 0.1) is 6.21 Å². The number of likely N-dealkylation sites (N-methyl/N-ethyl adjacent to an activating group) is 1. The molecule has 0 unspecified atom stereocenters. The maximum absolute atomic E-state index is 11.1. The van der Waals surface area contributed by atoms with E-state index in [-0.39, 0.29) is 5.75 Å². The Morgan fingerprint density at radius 2 is 2.06 bits per heavy atom. The fourth-order valence-corrected chi connectivity index (χ4v) is 1.05. The number of hydrogen-bond acceptors (Lipinski definition) is 4. The maximum atomic E-state index is 11.1. The van der Waals surface area contributed by atoms with Gasteiger partial charge in [-0.1, -0.05) is 12.1 Å². The van der Waals surface area contributed by atoms with Gasteiger partial charge >= 0.3 is 11.8 Å². The van der Waals surface area contributed by atoms with Crippen LogP contribution >= 0.6 is 0 Å². The molecule has 1 aromatic carbocycles. The second-order valence-corrected chi connectivity index (χ2v) is 3.12. The van der Waals surface area contributed by atoms with Gasteiger partial charge in [0.15, 0.2) is 0 Å². The van der Waals surface area contributed by atoms with Crippen molar-refractivity contribution in [3.63, 3.8) is 0 Å². The Balaban J connectivity index is 2.54. The standard InChI is InChI=1S/C11H13N3O3/c1-2-12-10(16)11(17)14-13-7-8-5-3-4-6-9(8)15/h3-7,15H,2H2,1H3,(H,12,16)(H,14,17)/b13-7-. The number of phenols is 1. The first kappa shape index (κ1) is 12.7. The summed E-state index contributed by atoms with van der Waals surface area (Å²) in [6.45, 7) is 2.08. The number of nitrogens with zero attached hydrogens (tertiary/aromatic N) is 1. The Hall–Kier alpha value is -2.37. The van der Waals surface area contributed by atoms with E-state index in [2.05, 4.69) is 15.8 Å². The lowest BCUT2D eigenvalue weighted by Crippen LogP contribution is -2.37.